The molecule has 11 aromatic rings. The number of benzene rings is 7. The highest BCUT2D eigenvalue weighted by molar-refractivity contribution is 6.13. The Bertz CT molecular complexity index is 3370. The maximum atomic E-state index is 5.56. The van der Waals surface area contributed by atoms with Crippen LogP contribution in [0.1, 0.15) is 22.3 Å². The molecule has 0 saturated heterocycles. The van der Waals surface area contributed by atoms with Crippen LogP contribution in [0.2, 0.25) is 0 Å². The maximum Gasteiger partial charge on any atom is 0.147 e. The summed E-state index contributed by atoms with van der Waals surface area (Å²) in [7, 11) is 0. The zero-order chi connectivity index (χ0) is 38.4. The van der Waals surface area contributed by atoms with Crippen LogP contribution in [-0.2, 0) is 0 Å². The Morgan fingerprint density at radius 2 is 1.18 bits per heavy atom. The number of fused-ring (bicyclic) bond motifs is 7. The summed E-state index contributed by atoms with van der Waals surface area (Å²) in [6, 6.07) is 54.8. The molecule has 4 heterocycles. The van der Waals surface area contributed by atoms with Crippen molar-refractivity contribution in [3.63, 3.8) is 0 Å². The van der Waals surface area contributed by atoms with E-state index in [0.717, 1.165) is 67.1 Å². The highest BCUT2D eigenvalue weighted by Crippen LogP contribution is 2.41. The van der Waals surface area contributed by atoms with Crippen molar-refractivity contribution in [2.45, 2.75) is 27.7 Å². The highest BCUT2D eigenvalue weighted by Gasteiger charge is 2.22. The van der Waals surface area contributed by atoms with Gasteiger partial charge in [-0.15, -0.1) is 0 Å². The first-order chi connectivity index (χ1) is 27.9. The van der Waals surface area contributed by atoms with E-state index in [4.69, 9.17) is 9.97 Å². The van der Waals surface area contributed by atoms with Crippen molar-refractivity contribution in [1.82, 2.24) is 24.1 Å². The molecule has 0 saturated carbocycles. The van der Waals surface area contributed by atoms with Gasteiger partial charge in [-0.05, 0) is 116 Å². The topological polar surface area (TPSA) is 51.4 Å². The zero-order valence-corrected chi connectivity index (χ0v) is 32.3. The minimum Gasteiger partial charge on any atom is -0.354 e. The summed E-state index contributed by atoms with van der Waals surface area (Å²) in [6.45, 7) is 8.74. The lowest BCUT2D eigenvalue weighted by atomic mass is 9.93. The largest absolute Gasteiger partial charge is 0.354 e. The minimum absolute atomic E-state index is 0.897. The van der Waals surface area contributed by atoms with Crippen molar-refractivity contribution < 1.29 is 0 Å². The van der Waals surface area contributed by atoms with Crippen molar-refractivity contribution in [3.05, 3.63) is 180 Å². The molecule has 5 heteroatoms. The lowest BCUT2D eigenvalue weighted by Crippen LogP contribution is -1.98. The van der Waals surface area contributed by atoms with Gasteiger partial charge < -0.3 is 4.98 Å². The van der Waals surface area contributed by atoms with Gasteiger partial charge in [0.1, 0.15) is 11.6 Å². The average molecular weight is 734 g/mol. The summed E-state index contributed by atoms with van der Waals surface area (Å²) in [6.07, 6.45) is 1.91. The number of hydrogen-bond acceptors (Lipinski definition) is 2. The molecule has 0 aliphatic rings. The third-order valence-corrected chi connectivity index (χ3v) is 11.7. The Hall–Kier alpha value is -7.24. The molecule has 0 fully saturated rings. The lowest BCUT2D eigenvalue weighted by molar-refractivity contribution is 1.07. The van der Waals surface area contributed by atoms with Crippen molar-refractivity contribution >= 4 is 54.6 Å². The van der Waals surface area contributed by atoms with E-state index >= 15 is 0 Å². The van der Waals surface area contributed by atoms with Crippen molar-refractivity contribution in [2.75, 3.05) is 0 Å². The molecule has 0 atom stereocenters. The summed E-state index contributed by atoms with van der Waals surface area (Å²) < 4.78 is 4.65. The molecule has 4 aromatic heterocycles. The van der Waals surface area contributed by atoms with E-state index in [2.05, 4.69) is 193 Å². The molecule has 0 aliphatic carbocycles. The van der Waals surface area contributed by atoms with Crippen LogP contribution in [0, 0.1) is 27.7 Å². The maximum absolute atomic E-state index is 5.56. The standard InChI is InChI=1S/C52H39N5/c1-31-24-25-53-48(28-31)57-46-29-35(20-22-40(46)41-23-21-36(30-47(41)57)49-33(3)26-32(2)27-34(49)4)38-15-11-19-45-51(38)55-52(56(45)37-12-6-5-7-13-37)43-17-10-16-42-39-14-8-9-18-44(39)54-50(42)43/h5-30,54H,1-4H3. The van der Waals surface area contributed by atoms with Gasteiger partial charge in [0.15, 0.2) is 0 Å². The van der Waals surface area contributed by atoms with Gasteiger partial charge in [0, 0.05) is 50.1 Å². The zero-order valence-electron chi connectivity index (χ0n) is 32.3. The fraction of sp³-hybridized carbons (Fsp3) is 0.0769. The van der Waals surface area contributed by atoms with Gasteiger partial charge in [-0.2, -0.15) is 0 Å². The van der Waals surface area contributed by atoms with Crippen LogP contribution in [-0.4, -0.2) is 24.1 Å². The average Bonchev–Trinajstić information content (AvgIpc) is 3.90. The van der Waals surface area contributed by atoms with Crippen LogP contribution in [0.15, 0.2) is 158 Å². The lowest BCUT2D eigenvalue weighted by Gasteiger charge is -2.13. The highest BCUT2D eigenvalue weighted by atomic mass is 15.1. The van der Waals surface area contributed by atoms with Gasteiger partial charge >= 0.3 is 0 Å². The summed E-state index contributed by atoms with van der Waals surface area (Å²) in [5.41, 5.74) is 18.3. The normalized spacial score (nSPS) is 11.9. The van der Waals surface area contributed by atoms with Gasteiger partial charge in [-0.1, -0.05) is 103 Å². The Morgan fingerprint density at radius 3 is 1.96 bits per heavy atom. The molecule has 0 radical (unpaired) electrons. The summed E-state index contributed by atoms with van der Waals surface area (Å²) in [4.78, 5) is 14.2. The van der Waals surface area contributed by atoms with Crippen LogP contribution in [0.3, 0.4) is 0 Å². The van der Waals surface area contributed by atoms with Crippen LogP contribution in [0.25, 0.3) is 99.8 Å². The monoisotopic (exact) mass is 733 g/mol. The third-order valence-electron chi connectivity index (χ3n) is 11.7. The number of hydrogen-bond donors (Lipinski definition) is 1. The second-order valence-electron chi connectivity index (χ2n) is 15.4. The first-order valence-electron chi connectivity index (χ1n) is 19.6. The Labute approximate surface area is 330 Å². The first-order valence-corrected chi connectivity index (χ1v) is 19.6. The summed E-state index contributed by atoms with van der Waals surface area (Å²) >= 11 is 0. The number of rotatable bonds is 5. The molecule has 7 aromatic carbocycles. The molecular weight excluding hydrogens is 695 g/mol. The van der Waals surface area contributed by atoms with E-state index < -0.39 is 0 Å². The molecule has 0 aliphatic heterocycles. The molecule has 0 bridgehead atoms. The van der Waals surface area contributed by atoms with Crippen LogP contribution < -0.4 is 0 Å². The van der Waals surface area contributed by atoms with E-state index in [1.54, 1.807) is 0 Å². The van der Waals surface area contributed by atoms with Gasteiger partial charge in [-0.3, -0.25) is 9.13 Å². The fourth-order valence-electron chi connectivity index (χ4n) is 9.28. The predicted octanol–water partition coefficient (Wildman–Crippen LogP) is 13.4. The minimum atomic E-state index is 0.897. The van der Waals surface area contributed by atoms with Crippen LogP contribution >= 0.6 is 0 Å². The third kappa shape index (κ3) is 5.16. The molecule has 5 nitrogen and oxygen atoms in total. The van der Waals surface area contributed by atoms with E-state index in [1.165, 1.54) is 54.9 Å². The smallest absolute Gasteiger partial charge is 0.147 e. The number of pyridine rings is 1. The first kappa shape index (κ1) is 33.1. The van der Waals surface area contributed by atoms with Crippen molar-refractivity contribution in [2.24, 2.45) is 0 Å². The van der Waals surface area contributed by atoms with E-state index in [0.29, 0.717) is 0 Å². The Balaban J connectivity index is 1.17. The number of nitrogens with one attached hydrogen (secondary N) is 1. The number of aryl methyl sites for hydroxylation is 4. The van der Waals surface area contributed by atoms with Crippen molar-refractivity contribution in [1.29, 1.82) is 0 Å². The van der Waals surface area contributed by atoms with Crippen LogP contribution in [0.4, 0.5) is 0 Å². The molecule has 272 valence electrons. The van der Waals surface area contributed by atoms with Gasteiger partial charge in [-0.25, -0.2) is 9.97 Å². The van der Waals surface area contributed by atoms with Gasteiger partial charge in [0.25, 0.3) is 0 Å². The molecule has 11 rings (SSSR count). The number of nitrogens with zero attached hydrogens (tertiary/aromatic N) is 4. The molecule has 0 unspecified atom stereocenters. The summed E-state index contributed by atoms with van der Waals surface area (Å²) in [5, 5.41) is 4.79. The Kier molecular flexibility index (Phi) is 7.35. The predicted molar refractivity (Wildman–Crippen MR) is 238 cm³/mol. The number of imidazole rings is 1. The van der Waals surface area contributed by atoms with Gasteiger partial charge in [0.2, 0.25) is 0 Å². The quantitative estimate of drug-likeness (QED) is 0.191. The summed E-state index contributed by atoms with van der Waals surface area (Å²) in [5.74, 6) is 1.80. The molecular formula is C52H39N5. The molecule has 1 N–H and O–H groups in total. The van der Waals surface area contributed by atoms with E-state index in [9.17, 15) is 0 Å². The van der Waals surface area contributed by atoms with Gasteiger partial charge in [0.05, 0.1) is 27.6 Å². The SMILES string of the molecule is Cc1ccnc(-n2c3cc(-c4c(C)cc(C)cc4C)ccc3c3ccc(-c4cccc5c4nc(-c4cccc6c4[nH]c4ccccc46)n5-c4ccccc4)cc32)c1. The number of aromatic amines is 1. The molecule has 57 heavy (non-hydrogen) atoms. The number of aromatic nitrogens is 5. The van der Waals surface area contributed by atoms with E-state index in [1.807, 2.05) is 6.20 Å². The second-order valence-corrected chi connectivity index (χ2v) is 15.4. The molecule has 0 amide bonds. The number of para-hydroxylation sites is 4. The molecule has 0 spiro atoms. The van der Waals surface area contributed by atoms with Crippen molar-refractivity contribution in [3.8, 4) is 45.1 Å². The Morgan fingerprint density at radius 1 is 0.491 bits per heavy atom. The fourth-order valence-corrected chi connectivity index (χ4v) is 9.28. The second kappa shape index (κ2) is 12.7. The van der Waals surface area contributed by atoms with Crippen LogP contribution in [0.5, 0.6) is 0 Å². The number of H-pyrrole nitrogens is 1. The van der Waals surface area contributed by atoms with E-state index in [-0.39, 0.29) is 0 Å².